The maximum atomic E-state index is 11.8. The van der Waals surface area contributed by atoms with Crippen LogP contribution in [0.3, 0.4) is 0 Å². The summed E-state index contributed by atoms with van der Waals surface area (Å²) in [6.07, 6.45) is 2.51. The van der Waals surface area contributed by atoms with Crippen molar-refractivity contribution in [1.29, 1.82) is 0 Å². The van der Waals surface area contributed by atoms with Gasteiger partial charge in [-0.3, -0.25) is 4.79 Å². The highest BCUT2D eigenvalue weighted by molar-refractivity contribution is 5.92. The number of nitrogens with zero attached hydrogens (tertiary/aromatic N) is 1. The molecule has 2 rings (SSSR count). The molecule has 0 aliphatic carbocycles. The highest BCUT2D eigenvalue weighted by Crippen LogP contribution is 2.24. The number of piperidine rings is 1. The second kappa shape index (κ2) is 6.75. The molecule has 0 saturated carbocycles. The largest absolute Gasteiger partial charge is 0.372 e. The van der Waals surface area contributed by atoms with Gasteiger partial charge < -0.3 is 16.0 Å². The van der Waals surface area contributed by atoms with Crippen LogP contribution in [0, 0.1) is 11.8 Å². The Labute approximate surface area is 121 Å². The van der Waals surface area contributed by atoms with E-state index in [1.165, 1.54) is 18.5 Å². The van der Waals surface area contributed by atoms with E-state index in [0.29, 0.717) is 6.54 Å². The molecule has 1 heterocycles. The van der Waals surface area contributed by atoms with Crippen LogP contribution in [0.15, 0.2) is 24.3 Å². The first kappa shape index (κ1) is 14.9. The predicted molar refractivity (Wildman–Crippen MR) is 83.9 cm³/mol. The number of carbonyl (C=O) groups excluding carboxylic acids is 1. The van der Waals surface area contributed by atoms with Gasteiger partial charge in [0.05, 0.1) is 0 Å². The van der Waals surface area contributed by atoms with Crippen molar-refractivity contribution in [2.45, 2.75) is 26.7 Å². The lowest BCUT2D eigenvalue weighted by atomic mass is 9.99. The number of nitrogens with two attached hydrogens (primary N) is 1. The molecule has 1 fully saturated rings. The SMILES string of the molecule is CC1CCN(c2ccc(NC(=O)C(C)CN)cc2)CC1. The first-order chi connectivity index (χ1) is 9.60. The fourth-order valence-corrected chi connectivity index (χ4v) is 2.39. The van der Waals surface area contributed by atoms with Gasteiger partial charge in [-0.1, -0.05) is 13.8 Å². The summed E-state index contributed by atoms with van der Waals surface area (Å²) in [7, 11) is 0. The lowest BCUT2D eigenvalue weighted by Gasteiger charge is -2.32. The Balaban J connectivity index is 1.94. The van der Waals surface area contributed by atoms with E-state index in [1.807, 2.05) is 19.1 Å². The van der Waals surface area contributed by atoms with Gasteiger partial charge in [-0.05, 0) is 43.0 Å². The summed E-state index contributed by atoms with van der Waals surface area (Å²) in [6, 6.07) is 8.10. The molecular formula is C16H25N3O. The van der Waals surface area contributed by atoms with Gasteiger partial charge in [0, 0.05) is 36.9 Å². The molecule has 1 aromatic carbocycles. The van der Waals surface area contributed by atoms with Gasteiger partial charge in [-0.2, -0.15) is 0 Å². The maximum Gasteiger partial charge on any atom is 0.228 e. The molecule has 4 nitrogen and oxygen atoms in total. The van der Waals surface area contributed by atoms with E-state index in [4.69, 9.17) is 5.73 Å². The third-order valence-corrected chi connectivity index (χ3v) is 4.08. The third kappa shape index (κ3) is 3.73. The highest BCUT2D eigenvalue weighted by Gasteiger charge is 2.16. The quantitative estimate of drug-likeness (QED) is 0.887. The number of anilines is 2. The van der Waals surface area contributed by atoms with Gasteiger partial charge in [-0.15, -0.1) is 0 Å². The van der Waals surface area contributed by atoms with Crippen molar-refractivity contribution in [2.24, 2.45) is 17.6 Å². The maximum absolute atomic E-state index is 11.8. The van der Waals surface area contributed by atoms with Crippen molar-refractivity contribution in [3.05, 3.63) is 24.3 Å². The van der Waals surface area contributed by atoms with Crippen LogP contribution >= 0.6 is 0 Å². The Morgan fingerprint density at radius 3 is 2.50 bits per heavy atom. The molecule has 1 unspecified atom stereocenters. The summed E-state index contributed by atoms with van der Waals surface area (Å²) >= 11 is 0. The van der Waals surface area contributed by atoms with Gasteiger partial charge in [0.25, 0.3) is 0 Å². The van der Waals surface area contributed by atoms with Gasteiger partial charge in [0.1, 0.15) is 0 Å². The van der Waals surface area contributed by atoms with E-state index in [0.717, 1.165) is 24.7 Å². The second-order valence-electron chi connectivity index (χ2n) is 5.84. The number of hydrogen-bond acceptors (Lipinski definition) is 3. The molecule has 1 aliphatic rings. The smallest absolute Gasteiger partial charge is 0.228 e. The molecule has 0 bridgehead atoms. The zero-order valence-corrected chi connectivity index (χ0v) is 12.4. The predicted octanol–water partition coefficient (Wildman–Crippen LogP) is 2.46. The van der Waals surface area contributed by atoms with E-state index in [9.17, 15) is 4.79 Å². The first-order valence-electron chi connectivity index (χ1n) is 7.46. The Bertz CT molecular complexity index is 436. The molecule has 0 radical (unpaired) electrons. The molecule has 110 valence electrons. The van der Waals surface area contributed by atoms with Gasteiger partial charge in [0.2, 0.25) is 5.91 Å². The molecule has 3 N–H and O–H groups in total. The van der Waals surface area contributed by atoms with Gasteiger partial charge in [-0.25, -0.2) is 0 Å². The lowest BCUT2D eigenvalue weighted by Crippen LogP contribution is -2.32. The average molecular weight is 275 g/mol. The Kier molecular flexibility index (Phi) is 5.01. The number of hydrogen-bond donors (Lipinski definition) is 2. The van der Waals surface area contributed by atoms with Crippen LogP contribution in [-0.2, 0) is 4.79 Å². The average Bonchev–Trinajstić information content (AvgIpc) is 2.48. The van der Waals surface area contributed by atoms with Crippen molar-refractivity contribution < 1.29 is 4.79 Å². The third-order valence-electron chi connectivity index (χ3n) is 4.08. The van der Waals surface area contributed by atoms with Crippen LogP contribution in [0.25, 0.3) is 0 Å². The van der Waals surface area contributed by atoms with E-state index < -0.39 is 0 Å². The highest BCUT2D eigenvalue weighted by atomic mass is 16.1. The van der Waals surface area contributed by atoms with E-state index in [1.54, 1.807) is 0 Å². The van der Waals surface area contributed by atoms with Crippen molar-refractivity contribution in [3.8, 4) is 0 Å². The Morgan fingerprint density at radius 1 is 1.35 bits per heavy atom. The minimum atomic E-state index is -0.154. The van der Waals surface area contributed by atoms with Crippen LogP contribution in [0.5, 0.6) is 0 Å². The summed E-state index contributed by atoms with van der Waals surface area (Å²) in [4.78, 5) is 14.2. The number of carbonyl (C=O) groups is 1. The zero-order chi connectivity index (χ0) is 14.5. The van der Waals surface area contributed by atoms with Crippen LogP contribution < -0.4 is 16.0 Å². The number of amides is 1. The van der Waals surface area contributed by atoms with E-state index in [-0.39, 0.29) is 11.8 Å². The van der Waals surface area contributed by atoms with Crippen molar-refractivity contribution in [2.75, 3.05) is 29.9 Å². The first-order valence-corrected chi connectivity index (χ1v) is 7.46. The van der Waals surface area contributed by atoms with Crippen LogP contribution in [0.1, 0.15) is 26.7 Å². The molecular weight excluding hydrogens is 250 g/mol. The Hall–Kier alpha value is -1.55. The van der Waals surface area contributed by atoms with Crippen molar-refractivity contribution in [3.63, 3.8) is 0 Å². The van der Waals surface area contributed by atoms with Gasteiger partial charge >= 0.3 is 0 Å². The summed E-state index contributed by atoms with van der Waals surface area (Å²) in [5, 5.41) is 2.89. The van der Waals surface area contributed by atoms with Crippen molar-refractivity contribution in [1.82, 2.24) is 0 Å². The molecule has 0 spiro atoms. The summed E-state index contributed by atoms with van der Waals surface area (Å²) in [5.74, 6) is 0.660. The second-order valence-corrected chi connectivity index (χ2v) is 5.84. The molecule has 1 amide bonds. The summed E-state index contributed by atoms with van der Waals surface area (Å²) in [6.45, 7) is 6.76. The standard InChI is InChI=1S/C16H25N3O/c1-12-7-9-19(10-8-12)15-5-3-14(4-6-15)18-16(20)13(2)11-17/h3-6,12-13H,7-11,17H2,1-2H3,(H,18,20). The van der Waals surface area contributed by atoms with Crippen LogP contribution in [0.2, 0.25) is 0 Å². The molecule has 1 saturated heterocycles. The minimum absolute atomic E-state index is 0.0213. The Morgan fingerprint density at radius 2 is 1.95 bits per heavy atom. The van der Waals surface area contributed by atoms with E-state index >= 15 is 0 Å². The molecule has 1 aromatic rings. The molecule has 0 aromatic heterocycles. The number of rotatable bonds is 4. The zero-order valence-electron chi connectivity index (χ0n) is 12.4. The van der Waals surface area contributed by atoms with E-state index in [2.05, 4.69) is 29.3 Å². The minimum Gasteiger partial charge on any atom is -0.372 e. The fraction of sp³-hybridized carbons (Fsp3) is 0.562. The lowest BCUT2D eigenvalue weighted by molar-refractivity contribution is -0.119. The summed E-state index contributed by atoms with van der Waals surface area (Å²) in [5.41, 5.74) is 7.57. The molecule has 1 atom stereocenters. The number of nitrogens with one attached hydrogen (secondary N) is 1. The molecule has 4 heteroatoms. The molecule has 20 heavy (non-hydrogen) atoms. The van der Waals surface area contributed by atoms with Crippen LogP contribution in [0.4, 0.5) is 11.4 Å². The van der Waals surface area contributed by atoms with Gasteiger partial charge in [0.15, 0.2) is 0 Å². The van der Waals surface area contributed by atoms with Crippen molar-refractivity contribution >= 4 is 17.3 Å². The topological polar surface area (TPSA) is 58.4 Å². The number of benzene rings is 1. The fourth-order valence-electron chi connectivity index (χ4n) is 2.39. The monoisotopic (exact) mass is 275 g/mol. The summed E-state index contributed by atoms with van der Waals surface area (Å²) < 4.78 is 0. The van der Waals surface area contributed by atoms with Crippen LogP contribution in [-0.4, -0.2) is 25.5 Å². The normalized spacial score (nSPS) is 17.9. The molecule has 1 aliphatic heterocycles.